The molecule has 0 unspecified atom stereocenters. The maximum absolute atomic E-state index is 12.1. The Hall–Kier alpha value is -1.88. The van der Waals surface area contributed by atoms with Crippen LogP contribution in [0, 0.1) is 0 Å². The fourth-order valence-corrected chi connectivity index (χ4v) is 2.02. The second kappa shape index (κ2) is 6.33. The molecule has 1 aliphatic rings. The summed E-state index contributed by atoms with van der Waals surface area (Å²) >= 11 is 5.15. The first-order valence-corrected chi connectivity index (χ1v) is 6.68. The lowest BCUT2D eigenvalue weighted by atomic mass is 10.3. The molecule has 2 rings (SSSR count). The molecule has 1 N–H and O–H groups in total. The zero-order chi connectivity index (χ0) is 13.7. The molecule has 4 nitrogen and oxygen atoms in total. The smallest absolute Gasteiger partial charge is 0.276 e. The molecule has 1 aromatic heterocycles. The number of amides is 1. The zero-order valence-electron chi connectivity index (χ0n) is 10.8. The van der Waals surface area contributed by atoms with Crippen molar-refractivity contribution in [3.8, 4) is 0 Å². The summed E-state index contributed by atoms with van der Waals surface area (Å²) in [6.07, 6.45) is 8.86. The lowest BCUT2D eigenvalue weighted by molar-refractivity contribution is -0.122. The molecule has 100 valence electrons. The SMILES string of the molecule is CCCCN1C(=O)/C(=C\C=C\c2ccco2)NC1=S. The molecule has 1 aliphatic heterocycles. The second-order valence-corrected chi connectivity index (χ2v) is 4.58. The lowest BCUT2D eigenvalue weighted by Gasteiger charge is -2.12. The first-order chi connectivity index (χ1) is 9.22. The molecule has 1 aromatic rings. The van der Waals surface area contributed by atoms with Crippen molar-refractivity contribution < 1.29 is 9.21 Å². The molecular weight excluding hydrogens is 260 g/mol. The summed E-state index contributed by atoms with van der Waals surface area (Å²) in [5.41, 5.74) is 0.504. The van der Waals surface area contributed by atoms with Gasteiger partial charge in [-0.1, -0.05) is 19.4 Å². The van der Waals surface area contributed by atoms with Crippen molar-refractivity contribution >= 4 is 29.3 Å². The first-order valence-electron chi connectivity index (χ1n) is 6.27. The van der Waals surface area contributed by atoms with Gasteiger partial charge in [-0.15, -0.1) is 0 Å². The average Bonchev–Trinajstić information content (AvgIpc) is 2.98. The summed E-state index contributed by atoms with van der Waals surface area (Å²) in [5, 5.41) is 3.41. The Morgan fingerprint density at radius 3 is 3.05 bits per heavy atom. The monoisotopic (exact) mass is 276 g/mol. The molecule has 2 heterocycles. The van der Waals surface area contributed by atoms with Crippen molar-refractivity contribution in [2.45, 2.75) is 19.8 Å². The Kier molecular flexibility index (Phi) is 4.52. The molecule has 0 spiro atoms. The summed E-state index contributed by atoms with van der Waals surface area (Å²) < 4.78 is 5.16. The number of nitrogens with zero attached hydrogens (tertiary/aromatic N) is 1. The van der Waals surface area contributed by atoms with Crippen molar-refractivity contribution in [3.05, 3.63) is 42.0 Å². The van der Waals surface area contributed by atoms with Crippen LogP contribution in [0.25, 0.3) is 6.08 Å². The average molecular weight is 276 g/mol. The van der Waals surface area contributed by atoms with Gasteiger partial charge in [-0.25, -0.2) is 0 Å². The number of thiocarbonyl (C=S) groups is 1. The van der Waals surface area contributed by atoms with E-state index >= 15 is 0 Å². The minimum Gasteiger partial charge on any atom is -0.465 e. The van der Waals surface area contributed by atoms with Crippen LogP contribution in [0.4, 0.5) is 0 Å². The highest BCUT2D eigenvalue weighted by atomic mass is 32.1. The van der Waals surface area contributed by atoms with Crippen molar-refractivity contribution in [2.75, 3.05) is 6.54 Å². The number of carbonyl (C=O) groups excluding carboxylic acids is 1. The highest BCUT2D eigenvalue weighted by molar-refractivity contribution is 7.80. The number of hydrogen-bond acceptors (Lipinski definition) is 3. The Bertz CT molecular complexity index is 518. The molecule has 1 amide bonds. The Labute approximate surface area is 117 Å². The van der Waals surface area contributed by atoms with Crippen LogP contribution >= 0.6 is 12.2 Å². The van der Waals surface area contributed by atoms with Crippen LogP contribution in [0.2, 0.25) is 0 Å². The molecule has 1 fully saturated rings. The minimum atomic E-state index is -0.0671. The fraction of sp³-hybridized carbons (Fsp3) is 0.286. The predicted molar refractivity (Wildman–Crippen MR) is 78.2 cm³/mol. The van der Waals surface area contributed by atoms with Crippen LogP contribution in [0.3, 0.4) is 0 Å². The van der Waals surface area contributed by atoms with E-state index in [-0.39, 0.29) is 5.91 Å². The topological polar surface area (TPSA) is 45.5 Å². The number of nitrogens with one attached hydrogen (secondary N) is 1. The molecule has 0 bridgehead atoms. The van der Waals surface area contributed by atoms with Gasteiger partial charge >= 0.3 is 0 Å². The number of rotatable bonds is 5. The maximum atomic E-state index is 12.1. The molecule has 0 aliphatic carbocycles. The van der Waals surface area contributed by atoms with Gasteiger partial charge in [0.15, 0.2) is 5.11 Å². The normalized spacial score (nSPS) is 17.7. The van der Waals surface area contributed by atoms with E-state index in [4.69, 9.17) is 16.6 Å². The van der Waals surface area contributed by atoms with E-state index in [0.717, 1.165) is 18.6 Å². The van der Waals surface area contributed by atoms with Gasteiger partial charge in [0.1, 0.15) is 11.5 Å². The summed E-state index contributed by atoms with van der Waals surface area (Å²) in [4.78, 5) is 13.7. The first kappa shape index (κ1) is 13.5. The largest absolute Gasteiger partial charge is 0.465 e. The molecule has 0 atom stereocenters. The van der Waals surface area contributed by atoms with Gasteiger partial charge < -0.3 is 9.73 Å². The van der Waals surface area contributed by atoms with Crippen molar-refractivity contribution in [1.82, 2.24) is 10.2 Å². The van der Waals surface area contributed by atoms with E-state index < -0.39 is 0 Å². The third kappa shape index (κ3) is 3.32. The van der Waals surface area contributed by atoms with Gasteiger partial charge in [0.2, 0.25) is 0 Å². The number of carbonyl (C=O) groups is 1. The van der Waals surface area contributed by atoms with Gasteiger partial charge in [-0.3, -0.25) is 9.69 Å². The van der Waals surface area contributed by atoms with E-state index in [2.05, 4.69) is 12.2 Å². The second-order valence-electron chi connectivity index (χ2n) is 4.20. The summed E-state index contributed by atoms with van der Waals surface area (Å²) in [7, 11) is 0. The summed E-state index contributed by atoms with van der Waals surface area (Å²) in [5.74, 6) is 0.676. The van der Waals surface area contributed by atoms with E-state index in [1.165, 1.54) is 0 Å². The van der Waals surface area contributed by atoms with Crippen LogP contribution < -0.4 is 5.32 Å². The van der Waals surface area contributed by atoms with Gasteiger partial charge in [-0.05, 0) is 42.9 Å². The third-order valence-electron chi connectivity index (χ3n) is 2.76. The molecule has 19 heavy (non-hydrogen) atoms. The van der Waals surface area contributed by atoms with E-state index in [0.29, 0.717) is 17.4 Å². The molecule has 0 aromatic carbocycles. The van der Waals surface area contributed by atoms with Crippen LogP contribution in [-0.2, 0) is 4.79 Å². The fourth-order valence-electron chi connectivity index (χ4n) is 1.73. The van der Waals surface area contributed by atoms with Crippen LogP contribution in [0.15, 0.2) is 40.7 Å². The minimum absolute atomic E-state index is 0.0671. The maximum Gasteiger partial charge on any atom is 0.276 e. The van der Waals surface area contributed by atoms with Gasteiger partial charge in [0.25, 0.3) is 5.91 Å². The third-order valence-corrected chi connectivity index (χ3v) is 3.09. The highest BCUT2D eigenvalue weighted by Gasteiger charge is 2.29. The number of hydrogen-bond donors (Lipinski definition) is 1. The van der Waals surface area contributed by atoms with Crippen molar-refractivity contribution in [3.63, 3.8) is 0 Å². The van der Waals surface area contributed by atoms with Crippen LogP contribution in [-0.4, -0.2) is 22.5 Å². The molecule has 1 saturated heterocycles. The molecular formula is C14H16N2O2S. The quantitative estimate of drug-likeness (QED) is 0.663. The summed E-state index contributed by atoms with van der Waals surface area (Å²) in [6.45, 7) is 2.75. The van der Waals surface area contributed by atoms with Crippen molar-refractivity contribution in [1.29, 1.82) is 0 Å². The Balaban J connectivity index is 2.01. The molecule has 0 radical (unpaired) electrons. The molecule has 5 heteroatoms. The van der Waals surface area contributed by atoms with Crippen LogP contribution in [0.1, 0.15) is 25.5 Å². The zero-order valence-corrected chi connectivity index (χ0v) is 11.6. The standard InChI is InChI=1S/C14H16N2O2S/c1-2-3-9-16-13(17)12(15-14(16)19)8-4-6-11-7-5-10-18-11/h4-8,10H,2-3,9H2,1H3,(H,15,19)/b6-4+,12-8+. The number of unbranched alkanes of at least 4 members (excludes halogenated alkanes) is 1. The molecule has 0 saturated carbocycles. The van der Waals surface area contributed by atoms with E-state index in [1.54, 1.807) is 29.4 Å². The highest BCUT2D eigenvalue weighted by Crippen LogP contribution is 2.12. The van der Waals surface area contributed by atoms with Gasteiger partial charge in [-0.2, -0.15) is 0 Å². The Morgan fingerprint density at radius 1 is 1.53 bits per heavy atom. The number of allylic oxidation sites excluding steroid dienone is 2. The Morgan fingerprint density at radius 2 is 2.37 bits per heavy atom. The van der Waals surface area contributed by atoms with Gasteiger partial charge in [0.05, 0.1) is 6.26 Å². The van der Waals surface area contributed by atoms with Crippen LogP contribution in [0.5, 0.6) is 0 Å². The van der Waals surface area contributed by atoms with E-state index in [9.17, 15) is 4.79 Å². The summed E-state index contributed by atoms with van der Waals surface area (Å²) in [6, 6.07) is 3.66. The van der Waals surface area contributed by atoms with Gasteiger partial charge in [0, 0.05) is 6.54 Å². The van der Waals surface area contributed by atoms with E-state index in [1.807, 2.05) is 12.1 Å². The lowest BCUT2D eigenvalue weighted by Crippen LogP contribution is -2.31. The van der Waals surface area contributed by atoms with Crippen molar-refractivity contribution in [2.24, 2.45) is 0 Å². The number of furan rings is 1. The predicted octanol–water partition coefficient (Wildman–Crippen LogP) is 2.69.